The van der Waals surface area contributed by atoms with Gasteiger partial charge in [-0.2, -0.15) is 5.26 Å². The monoisotopic (exact) mass is 687 g/mol. The van der Waals surface area contributed by atoms with Gasteiger partial charge in [-0.3, -0.25) is 19.1 Å². The van der Waals surface area contributed by atoms with Gasteiger partial charge in [0.2, 0.25) is 5.91 Å². The number of pyridine rings is 2. The van der Waals surface area contributed by atoms with Crippen LogP contribution < -0.4 is 16.2 Å². The fraction of sp³-hybridized carbons (Fsp3) is 0.344. The zero-order chi connectivity index (χ0) is 33.8. The third-order valence-corrected chi connectivity index (χ3v) is 9.58. The number of hydrogen-bond donors (Lipinski definition) is 1. The Hall–Kier alpha value is -3.98. The van der Waals surface area contributed by atoms with Crippen LogP contribution >= 0.6 is 34.8 Å². The number of aliphatic imine (C=N–C) groups is 1. The van der Waals surface area contributed by atoms with Crippen molar-refractivity contribution in [3.63, 3.8) is 0 Å². The van der Waals surface area contributed by atoms with Gasteiger partial charge in [-0.05, 0) is 25.0 Å². The van der Waals surface area contributed by atoms with Gasteiger partial charge < -0.3 is 15.5 Å². The molecule has 2 aliphatic rings. The highest BCUT2D eigenvalue weighted by atomic mass is 35.5. The zero-order valence-corrected chi connectivity index (χ0v) is 27.7. The van der Waals surface area contributed by atoms with Gasteiger partial charge in [0.25, 0.3) is 5.56 Å². The fourth-order valence-electron chi connectivity index (χ4n) is 6.21. The highest BCUT2D eigenvalue weighted by Crippen LogP contribution is 2.44. The number of piperazine rings is 1. The summed E-state index contributed by atoms with van der Waals surface area (Å²) in [5.41, 5.74) is 5.09. The van der Waals surface area contributed by atoms with E-state index < -0.39 is 44.5 Å². The van der Waals surface area contributed by atoms with E-state index in [9.17, 15) is 19.2 Å². The molecule has 1 aromatic carbocycles. The Bertz CT molecular complexity index is 1940. The minimum absolute atomic E-state index is 0.0430. The van der Waals surface area contributed by atoms with Crippen molar-refractivity contribution in [2.24, 2.45) is 16.8 Å². The Morgan fingerprint density at radius 2 is 1.89 bits per heavy atom. The van der Waals surface area contributed by atoms with Crippen LogP contribution in [0.3, 0.4) is 0 Å². The second-order valence-electron chi connectivity index (χ2n) is 11.6. The van der Waals surface area contributed by atoms with Crippen molar-refractivity contribution in [2.75, 3.05) is 30.3 Å². The second-order valence-corrected chi connectivity index (χ2v) is 12.8. The topological polar surface area (TPSA) is 121 Å². The first-order valence-corrected chi connectivity index (χ1v) is 15.6. The summed E-state index contributed by atoms with van der Waals surface area (Å²) >= 11 is 18.8. The van der Waals surface area contributed by atoms with E-state index in [4.69, 9.17) is 45.5 Å². The molecule has 9 nitrogen and oxygen atoms in total. The van der Waals surface area contributed by atoms with E-state index in [2.05, 4.69) is 17.6 Å². The molecular formula is C32H30Cl3F2N7O2. The smallest absolute Gasteiger partial charge is 0.272 e. The summed E-state index contributed by atoms with van der Waals surface area (Å²) in [6.07, 6.45) is 4.73. The average Bonchev–Trinajstić information content (AvgIpc) is 3.02. The molecule has 14 heteroatoms. The van der Waals surface area contributed by atoms with Crippen molar-refractivity contribution >= 4 is 68.8 Å². The number of nitrogens with zero attached hydrogens (tertiary/aromatic N) is 6. The molecular weight excluding hydrogens is 659 g/mol. The minimum atomic E-state index is -1.44. The van der Waals surface area contributed by atoms with Crippen LogP contribution in [0, 0.1) is 34.8 Å². The van der Waals surface area contributed by atoms with Crippen molar-refractivity contribution in [1.82, 2.24) is 14.5 Å². The van der Waals surface area contributed by atoms with Crippen LogP contribution in [0.25, 0.3) is 22.3 Å². The number of nitrogen functional groups attached to an aromatic ring is 1. The summed E-state index contributed by atoms with van der Waals surface area (Å²) in [4.78, 5) is 39.7. The molecule has 240 valence electrons. The molecule has 1 amide bonds. The SMILES string of the molecule is C=CC(=O)N1CCN(c2c(C#N)c(=O)n(C3C(C(C)C)=NC=CC3C)c3nc(-c4c(N)c(Cl)c(Cl)c(F)c4F)c(Cl)cc23)C[C@H]1C. The molecule has 5 rings (SSSR count). The molecule has 0 saturated carbocycles. The molecule has 2 unspecified atom stereocenters. The van der Waals surface area contributed by atoms with Gasteiger partial charge in [0.15, 0.2) is 11.6 Å². The predicted octanol–water partition coefficient (Wildman–Crippen LogP) is 6.78. The van der Waals surface area contributed by atoms with Gasteiger partial charge in [0.05, 0.1) is 38.7 Å². The number of allylic oxidation sites excluding steroid dienone is 1. The highest BCUT2D eigenvalue weighted by molar-refractivity contribution is 6.44. The van der Waals surface area contributed by atoms with Gasteiger partial charge in [-0.1, -0.05) is 68.2 Å². The van der Waals surface area contributed by atoms with Crippen molar-refractivity contribution < 1.29 is 13.6 Å². The lowest BCUT2D eigenvalue weighted by molar-refractivity contribution is -0.128. The number of amides is 1. The average molecular weight is 689 g/mol. The van der Waals surface area contributed by atoms with Crippen molar-refractivity contribution in [3.8, 4) is 17.3 Å². The molecule has 3 atom stereocenters. The molecule has 2 N–H and O–H groups in total. The first kappa shape index (κ1) is 33.4. The number of aromatic nitrogens is 2. The van der Waals surface area contributed by atoms with Crippen LogP contribution in [-0.2, 0) is 4.79 Å². The molecule has 2 aromatic heterocycles. The summed E-state index contributed by atoms with van der Waals surface area (Å²) in [5, 5.41) is 9.51. The van der Waals surface area contributed by atoms with E-state index in [1.165, 1.54) is 16.7 Å². The van der Waals surface area contributed by atoms with Crippen LogP contribution in [0.2, 0.25) is 15.1 Å². The van der Waals surface area contributed by atoms with Crippen LogP contribution in [0.4, 0.5) is 20.2 Å². The Morgan fingerprint density at radius 1 is 1.20 bits per heavy atom. The number of halogens is 5. The van der Waals surface area contributed by atoms with E-state index >= 15 is 4.39 Å². The highest BCUT2D eigenvalue weighted by Gasteiger charge is 2.36. The van der Waals surface area contributed by atoms with E-state index in [1.807, 2.05) is 38.7 Å². The Labute approximate surface area is 279 Å². The van der Waals surface area contributed by atoms with E-state index in [0.717, 1.165) is 0 Å². The van der Waals surface area contributed by atoms with Gasteiger partial charge in [0.1, 0.15) is 22.3 Å². The lowest BCUT2D eigenvalue weighted by Crippen LogP contribution is -2.54. The molecule has 2 aliphatic heterocycles. The number of nitrogens with two attached hydrogens (primary N) is 1. The Morgan fingerprint density at radius 3 is 2.50 bits per heavy atom. The van der Waals surface area contributed by atoms with Crippen LogP contribution in [0.1, 0.15) is 39.3 Å². The summed E-state index contributed by atoms with van der Waals surface area (Å²) in [5.74, 6) is -3.47. The molecule has 1 saturated heterocycles. The number of fused-ring (bicyclic) bond motifs is 1. The molecule has 46 heavy (non-hydrogen) atoms. The summed E-state index contributed by atoms with van der Waals surface area (Å²) in [7, 11) is 0. The number of rotatable bonds is 5. The van der Waals surface area contributed by atoms with Gasteiger partial charge in [0, 0.05) is 48.9 Å². The fourth-order valence-corrected chi connectivity index (χ4v) is 6.82. The zero-order valence-electron chi connectivity index (χ0n) is 25.4. The normalized spacial score (nSPS) is 19.8. The quantitative estimate of drug-likeness (QED) is 0.137. The maximum Gasteiger partial charge on any atom is 0.272 e. The summed E-state index contributed by atoms with van der Waals surface area (Å²) < 4.78 is 31.8. The lowest BCUT2D eigenvalue weighted by atomic mass is 9.88. The molecule has 0 spiro atoms. The van der Waals surface area contributed by atoms with E-state index in [1.54, 1.807) is 11.1 Å². The molecule has 0 bridgehead atoms. The first-order chi connectivity index (χ1) is 21.7. The summed E-state index contributed by atoms with van der Waals surface area (Å²) in [6.45, 7) is 12.0. The number of benzene rings is 1. The lowest BCUT2D eigenvalue weighted by Gasteiger charge is -2.41. The van der Waals surface area contributed by atoms with Crippen LogP contribution in [0.5, 0.6) is 0 Å². The first-order valence-electron chi connectivity index (χ1n) is 14.5. The minimum Gasteiger partial charge on any atom is -0.397 e. The summed E-state index contributed by atoms with van der Waals surface area (Å²) in [6, 6.07) is 2.56. The third kappa shape index (κ3) is 5.32. The van der Waals surface area contributed by atoms with Crippen LogP contribution in [0.15, 0.2) is 40.8 Å². The number of carbonyl (C=O) groups excluding carboxylic acids is 1. The van der Waals surface area contributed by atoms with Gasteiger partial charge in [-0.25, -0.2) is 13.8 Å². The number of anilines is 2. The Kier molecular flexibility index (Phi) is 9.19. The van der Waals surface area contributed by atoms with Crippen molar-refractivity contribution in [2.45, 2.75) is 39.8 Å². The molecule has 0 aliphatic carbocycles. The molecule has 1 fully saturated rings. The van der Waals surface area contributed by atoms with E-state index in [0.29, 0.717) is 17.6 Å². The van der Waals surface area contributed by atoms with Crippen molar-refractivity contribution in [1.29, 1.82) is 5.26 Å². The third-order valence-electron chi connectivity index (χ3n) is 8.45. The number of nitriles is 1. The largest absolute Gasteiger partial charge is 0.397 e. The molecule has 3 aromatic rings. The standard InChI is InChI=1S/C32H30Cl3F2N7O2/c1-6-20(45)43-10-9-42(13-16(43)5)30-17-11-19(33)28(21-24(36)25(37)22(34)23(35)26(21)39)41-31(17)44(32(46)18(30)12-38)29-15(4)7-8-40-27(29)14(2)3/h6-8,11,14-16,29H,1,9-10,13,39H2,2-5H3/t15?,16-,29?/m1/s1. The maximum atomic E-state index is 15.5. The number of carbonyl (C=O) groups is 1. The van der Waals surface area contributed by atoms with Crippen LogP contribution in [-0.4, -0.2) is 51.7 Å². The number of hydrogen-bond acceptors (Lipinski definition) is 7. The second kappa shape index (κ2) is 12.7. The molecule has 0 radical (unpaired) electrons. The predicted molar refractivity (Wildman–Crippen MR) is 179 cm³/mol. The van der Waals surface area contributed by atoms with Gasteiger partial charge >= 0.3 is 0 Å². The Balaban J connectivity index is 1.89. The van der Waals surface area contributed by atoms with Gasteiger partial charge in [-0.15, -0.1) is 0 Å². The van der Waals surface area contributed by atoms with Crippen molar-refractivity contribution in [3.05, 3.63) is 73.6 Å². The molecule has 4 heterocycles. The maximum absolute atomic E-state index is 15.5. The van der Waals surface area contributed by atoms with E-state index in [-0.39, 0.29) is 64.5 Å².